The molecule has 0 fully saturated rings. The van der Waals surface area contributed by atoms with E-state index in [0.29, 0.717) is 0 Å². The van der Waals surface area contributed by atoms with E-state index >= 15 is 0 Å². The van der Waals surface area contributed by atoms with Gasteiger partial charge < -0.3 is 0 Å². The minimum Gasteiger partial charge on any atom is -0.249 e. The molecule has 0 saturated carbocycles. The van der Waals surface area contributed by atoms with Crippen molar-refractivity contribution >= 4 is 53.1 Å². The minimum absolute atomic E-state index is 0.762. The molecule has 2 nitrogen and oxygen atoms in total. The van der Waals surface area contributed by atoms with E-state index in [0.717, 1.165) is 39.8 Å². The van der Waals surface area contributed by atoms with Gasteiger partial charge >= 0.3 is 0 Å². The molecule has 2 atom stereocenters. The number of hydrogen-bond acceptors (Lipinski definition) is 3. The second-order valence-electron chi connectivity index (χ2n) is 6.52. The van der Waals surface area contributed by atoms with Crippen LogP contribution in [0.2, 0.25) is 0 Å². The molecule has 0 N–H and O–H groups in total. The van der Waals surface area contributed by atoms with E-state index in [-0.39, 0.29) is 0 Å². The summed E-state index contributed by atoms with van der Waals surface area (Å²) in [6.45, 7) is 0. The fourth-order valence-electron chi connectivity index (χ4n) is 3.45. The summed E-state index contributed by atoms with van der Waals surface area (Å²) in [4.78, 5) is 3.05. The van der Waals surface area contributed by atoms with E-state index in [2.05, 4.69) is 0 Å². The molecule has 0 spiro atoms. The first-order valence-corrected chi connectivity index (χ1v) is 12.2. The van der Waals surface area contributed by atoms with Gasteiger partial charge in [0.2, 0.25) is 0 Å². The third kappa shape index (κ3) is 3.25. The van der Waals surface area contributed by atoms with Crippen LogP contribution in [0.15, 0.2) is 117 Å². The lowest BCUT2D eigenvalue weighted by Crippen LogP contribution is -1.96. The van der Waals surface area contributed by atoms with E-state index in [1.165, 1.54) is 0 Å². The Balaban J connectivity index is 1.79. The average Bonchev–Trinajstić information content (AvgIpc) is 3.18. The summed E-state index contributed by atoms with van der Waals surface area (Å²) in [7, 11) is -2.63. The predicted molar refractivity (Wildman–Crippen MR) is 122 cm³/mol. The number of fused-ring (bicyclic) bond motifs is 3. The Bertz CT molecular complexity index is 1270. The van der Waals surface area contributed by atoms with Crippen LogP contribution in [-0.4, -0.2) is 8.42 Å². The quantitative estimate of drug-likeness (QED) is 0.330. The molecule has 5 heteroatoms. The smallest absolute Gasteiger partial charge is 0.0856 e. The van der Waals surface area contributed by atoms with Gasteiger partial charge in [-0.1, -0.05) is 48.5 Å². The van der Waals surface area contributed by atoms with Crippen molar-refractivity contribution in [1.29, 1.82) is 0 Å². The molecule has 29 heavy (non-hydrogen) atoms. The maximum absolute atomic E-state index is 13.4. The fourth-order valence-corrected chi connectivity index (χ4v) is 7.26. The Morgan fingerprint density at radius 1 is 0.483 bits per heavy atom. The third-order valence-corrected chi connectivity index (χ3v) is 8.76. The number of benzene rings is 4. The van der Waals surface area contributed by atoms with Crippen LogP contribution < -0.4 is 0 Å². The van der Waals surface area contributed by atoms with E-state index in [1.807, 2.05) is 97.1 Å². The maximum atomic E-state index is 13.4. The molecular weight excluding hydrogens is 416 g/mol. The van der Waals surface area contributed by atoms with Gasteiger partial charge in [0.25, 0.3) is 0 Å². The van der Waals surface area contributed by atoms with Crippen LogP contribution >= 0.6 is 11.3 Å². The van der Waals surface area contributed by atoms with Crippen molar-refractivity contribution in [2.45, 2.75) is 19.6 Å². The Kier molecular flexibility index (Phi) is 4.87. The Hall–Kier alpha value is -2.60. The highest BCUT2D eigenvalue weighted by Crippen LogP contribution is 2.41. The first-order chi connectivity index (χ1) is 14.2. The van der Waals surface area contributed by atoms with Crippen LogP contribution in [0.4, 0.5) is 0 Å². The largest absolute Gasteiger partial charge is 0.249 e. The zero-order valence-electron chi connectivity index (χ0n) is 15.3. The van der Waals surface area contributed by atoms with Gasteiger partial charge in [-0.05, 0) is 48.5 Å². The van der Waals surface area contributed by atoms with Crippen LogP contribution in [0.25, 0.3) is 20.2 Å². The van der Waals surface area contributed by atoms with Crippen molar-refractivity contribution < 1.29 is 8.42 Å². The second kappa shape index (κ2) is 7.67. The molecule has 2 unspecified atom stereocenters. The molecule has 4 aromatic carbocycles. The highest BCUT2D eigenvalue weighted by molar-refractivity contribution is 7.86. The molecule has 0 saturated heterocycles. The SMILES string of the molecule is O=S(c1ccccc1)c1cccc2sc3cccc(S(=O)c4ccccc4)c3c12. The van der Waals surface area contributed by atoms with Crippen molar-refractivity contribution in [3.63, 3.8) is 0 Å². The first-order valence-electron chi connectivity index (χ1n) is 9.12. The predicted octanol–water partition coefficient (Wildman–Crippen LogP) is 6.39. The van der Waals surface area contributed by atoms with Crippen molar-refractivity contribution in [3.05, 3.63) is 97.1 Å². The van der Waals surface area contributed by atoms with Gasteiger partial charge in [0.15, 0.2) is 0 Å². The summed E-state index contributed by atoms with van der Waals surface area (Å²) in [5.74, 6) is 0. The van der Waals surface area contributed by atoms with Crippen molar-refractivity contribution in [2.75, 3.05) is 0 Å². The lowest BCUT2D eigenvalue weighted by molar-refractivity contribution is 0.682. The number of thiophene rings is 1. The van der Waals surface area contributed by atoms with Gasteiger partial charge in [-0.3, -0.25) is 0 Å². The summed E-state index contributed by atoms with van der Waals surface area (Å²) in [5, 5.41) is 1.88. The normalized spacial score (nSPS) is 13.5. The Morgan fingerprint density at radius 3 is 1.31 bits per heavy atom. The van der Waals surface area contributed by atoms with Crippen LogP contribution in [0.5, 0.6) is 0 Å². The van der Waals surface area contributed by atoms with Gasteiger partial charge in [-0.2, -0.15) is 0 Å². The van der Waals surface area contributed by atoms with E-state index in [1.54, 1.807) is 11.3 Å². The Labute approximate surface area is 177 Å². The molecule has 5 aromatic rings. The summed E-state index contributed by atoms with van der Waals surface area (Å²) >= 11 is 1.65. The standard InChI is InChI=1S/C24H16O2S3/c25-28(17-9-3-1-4-10-17)21-15-7-13-19-23(21)24-20(27-19)14-8-16-22(24)29(26)18-11-5-2-6-12-18/h1-16H. The molecule has 0 aliphatic carbocycles. The summed E-state index contributed by atoms with van der Waals surface area (Å²) in [6.07, 6.45) is 0. The molecule has 0 aliphatic rings. The van der Waals surface area contributed by atoms with Crippen LogP contribution in [0, 0.1) is 0 Å². The molecule has 142 valence electrons. The summed E-state index contributed by atoms with van der Waals surface area (Å²) in [5.41, 5.74) is 0. The topological polar surface area (TPSA) is 34.1 Å². The van der Waals surface area contributed by atoms with E-state index in [9.17, 15) is 8.42 Å². The Morgan fingerprint density at radius 2 is 0.897 bits per heavy atom. The minimum atomic E-state index is -1.31. The highest BCUT2D eigenvalue weighted by Gasteiger charge is 2.20. The van der Waals surface area contributed by atoms with E-state index in [4.69, 9.17) is 0 Å². The van der Waals surface area contributed by atoms with E-state index < -0.39 is 21.6 Å². The molecule has 5 rings (SSSR count). The van der Waals surface area contributed by atoms with Gasteiger partial charge in [0.05, 0.1) is 31.4 Å². The summed E-state index contributed by atoms with van der Waals surface area (Å²) in [6, 6.07) is 30.8. The van der Waals surface area contributed by atoms with Gasteiger partial charge in [-0.15, -0.1) is 11.3 Å². The molecule has 0 bridgehead atoms. The second-order valence-corrected chi connectivity index (χ2v) is 10.5. The third-order valence-electron chi connectivity index (χ3n) is 4.76. The highest BCUT2D eigenvalue weighted by atomic mass is 32.2. The lowest BCUT2D eigenvalue weighted by Gasteiger charge is -2.08. The van der Waals surface area contributed by atoms with Crippen molar-refractivity contribution in [1.82, 2.24) is 0 Å². The zero-order valence-corrected chi connectivity index (χ0v) is 17.7. The molecule has 1 aromatic heterocycles. The first kappa shape index (κ1) is 18.4. The van der Waals surface area contributed by atoms with Crippen molar-refractivity contribution in [3.8, 4) is 0 Å². The number of rotatable bonds is 4. The lowest BCUT2D eigenvalue weighted by atomic mass is 10.1. The van der Waals surface area contributed by atoms with Crippen LogP contribution in [0.1, 0.15) is 0 Å². The monoisotopic (exact) mass is 432 g/mol. The molecular formula is C24H16O2S3. The van der Waals surface area contributed by atoms with Crippen molar-refractivity contribution in [2.24, 2.45) is 0 Å². The average molecular weight is 433 g/mol. The number of hydrogen-bond donors (Lipinski definition) is 0. The molecule has 0 radical (unpaired) electrons. The van der Waals surface area contributed by atoms with Gasteiger partial charge in [0, 0.05) is 30.0 Å². The van der Waals surface area contributed by atoms with Gasteiger partial charge in [-0.25, -0.2) is 8.42 Å². The zero-order chi connectivity index (χ0) is 19.8. The molecule has 0 aliphatic heterocycles. The summed E-state index contributed by atoms with van der Waals surface area (Å²) < 4.78 is 28.9. The molecule has 0 amide bonds. The van der Waals surface area contributed by atoms with Crippen LogP contribution in [0.3, 0.4) is 0 Å². The van der Waals surface area contributed by atoms with Crippen LogP contribution in [-0.2, 0) is 21.6 Å². The fraction of sp³-hybridized carbons (Fsp3) is 0. The van der Waals surface area contributed by atoms with Gasteiger partial charge in [0.1, 0.15) is 0 Å². The maximum Gasteiger partial charge on any atom is 0.0856 e. The molecule has 1 heterocycles.